The normalized spacial score (nSPS) is 10.2. The first-order valence-electron chi connectivity index (χ1n) is 6.51. The van der Waals surface area contributed by atoms with Gasteiger partial charge in [0.2, 0.25) is 5.91 Å². The van der Waals surface area contributed by atoms with E-state index in [4.69, 9.17) is 5.11 Å². The lowest BCUT2D eigenvalue weighted by Gasteiger charge is -2.21. The molecular weight excluding hydrogens is 324 g/mol. The Morgan fingerprint density at radius 1 is 1.35 bits per heavy atom. The number of nitrogens with one attached hydrogen (secondary N) is 1. The predicted octanol–water partition coefficient (Wildman–Crippen LogP) is 1.41. The first-order valence-corrected chi connectivity index (χ1v) is 7.30. The second-order valence-corrected chi connectivity index (χ2v) is 5.21. The lowest BCUT2D eigenvalue weighted by molar-refractivity contribution is -0.130. The summed E-state index contributed by atoms with van der Waals surface area (Å²) in [7, 11) is 0. The number of aliphatic hydroxyl groups excluding tert-OH is 1. The van der Waals surface area contributed by atoms with Crippen LogP contribution in [0, 0.1) is 0 Å². The van der Waals surface area contributed by atoms with Gasteiger partial charge in [-0.15, -0.1) is 0 Å². The molecule has 20 heavy (non-hydrogen) atoms. The van der Waals surface area contributed by atoms with Gasteiger partial charge < -0.3 is 15.3 Å². The average molecular weight is 343 g/mol. The molecule has 1 aromatic carbocycles. The summed E-state index contributed by atoms with van der Waals surface area (Å²) < 4.78 is 0.810. The van der Waals surface area contributed by atoms with Gasteiger partial charge in [-0.1, -0.05) is 28.9 Å². The predicted molar refractivity (Wildman–Crippen MR) is 80.4 cm³/mol. The zero-order valence-corrected chi connectivity index (χ0v) is 13.0. The van der Waals surface area contributed by atoms with Crippen molar-refractivity contribution in [2.45, 2.75) is 13.3 Å². The summed E-state index contributed by atoms with van der Waals surface area (Å²) in [6.07, 6.45) is 0.811. The molecule has 0 atom stereocenters. The molecule has 1 rings (SSSR count). The van der Waals surface area contributed by atoms with Crippen molar-refractivity contribution >= 4 is 27.7 Å². The molecule has 0 radical (unpaired) electrons. The minimum Gasteiger partial charge on any atom is -0.395 e. The molecule has 0 aromatic heterocycles. The topological polar surface area (TPSA) is 69.6 Å². The molecule has 5 nitrogen and oxygen atoms in total. The van der Waals surface area contributed by atoms with Gasteiger partial charge in [-0.25, -0.2) is 0 Å². The molecule has 2 N–H and O–H groups in total. The zero-order valence-electron chi connectivity index (χ0n) is 11.4. The van der Waals surface area contributed by atoms with Gasteiger partial charge in [-0.3, -0.25) is 9.59 Å². The molecule has 2 amide bonds. The second kappa shape index (κ2) is 8.71. The minimum absolute atomic E-state index is 0.0641. The fourth-order valence-electron chi connectivity index (χ4n) is 1.75. The number of halogens is 1. The summed E-state index contributed by atoms with van der Waals surface area (Å²) in [5, 5.41) is 11.5. The van der Waals surface area contributed by atoms with Crippen molar-refractivity contribution in [3.63, 3.8) is 0 Å². The maximum absolute atomic E-state index is 11.9. The number of rotatable bonds is 7. The second-order valence-electron chi connectivity index (χ2n) is 4.30. The van der Waals surface area contributed by atoms with Gasteiger partial charge >= 0.3 is 0 Å². The molecule has 0 aliphatic heterocycles. The molecule has 110 valence electrons. The Morgan fingerprint density at radius 3 is 2.70 bits per heavy atom. The van der Waals surface area contributed by atoms with E-state index in [9.17, 15) is 9.59 Å². The van der Waals surface area contributed by atoms with Crippen molar-refractivity contribution < 1.29 is 14.7 Å². The van der Waals surface area contributed by atoms with Crippen LogP contribution in [-0.2, 0) is 4.79 Å². The van der Waals surface area contributed by atoms with Gasteiger partial charge in [0, 0.05) is 23.1 Å². The summed E-state index contributed by atoms with van der Waals surface area (Å²) in [6.45, 7) is 2.68. The number of aliphatic hydroxyl groups is 1. The molecule has 0 bridgehead atoms. The number of amides is 2. The van der Waals surface area contributed by atoms with Crippen LogP contribution in [0.4, 0.5) is 0 Å². The first-order chi connectivity index (χ1) is 9.58. The van der Waals surface area contributed by atoms with Gasteiger partial charge in [0.05, 0.1) is 13.2 Å². The molecular formula is C14H19BrN2O3. The molecule has 0 aliphatic carbocycles. The highest BCUT2D eigenvalue weighted by molar-refractivity contribution is 9.10. The van der Waals surface area contributed by atoms with E-state index in [1.807, 2.05) is 13.0 Å². The van der Waals surface area contributed by atoms with Crippen LogP contribution in [0.2, 0.25) is 0 Å². The number of nitrogens with zero attached hydrogens (tertiary/aromatic N) is 1. The summed E-state index contributed by atoms with van der Waals surface area (Å²) in [5.41, 5.74) is 0.497. The van der Waals surface area contributed by atoms with Gasteiger partial charge in [-0.05, 0) is 24.6 Å². The summed E-state index contributed by atoms with van der Waals surface area (Å²) in [6, 6.07) is 6.96. The van der Waals surface area contributed by atoms with E-state index in [1.165, 1.54) is 0 Å². The Kier molecular flexibility index (Phi) is 7.25. The van der Waals surface area contributed by atoms with Crippen LogP contribution in [0.1, 0.15) is 23.7 Å². The van der Waals surface area contributed by atoms with E-state index in [2.05, 4.69) is 21.2 Å². The molecule has 0 unspecified atom stereocenters. The summed E-state index contributed by atoms with van der Waals surface area (Å²) in [4.78, 5) is 25.3. The van der Waals surface area contributed by atoms with Crippen LogP contribution in [-0.4, -0.2) is 48.1 Å². The minimum atomic E-state index is -0.292. The number of carbonyl (C=O) groups excluding carboxylic acids is 2. The quantitative estimate of drug-likeness (QED) is 0.787. The van der Waals surface area contributed by atoms with Crippen molar-refractivity contribution in [3.05, 3.63) is 34.3 Å². The van der Waals surface area contributed by atoms with Crippen molar-refractivity contribution in [2.24, 2.45) is 0 Å². The number of hydrogen-bond acceptors (Lipinski definition) is 3. The highest BCUT2D eigenvalue weighted by atomic mass is 79.9. The zero-order chi connectivity index (χ0) is 15.0. The largest absolute Gasteiger partial charge is 0.395 e. The van der Waals surface area contributed by atoms with E-state index < -0.39 is 0 Å². The van der Waals surface area contributed by atoms with Crippen LogP contribution in [0.15, 0.2) is 28.7 Å². The van der Waals surface area contributed by atoms with Crippen molar-refractivity contribution in [1.82, 2.24) is 10.2 Å². The molecule has 1 aromatic rings. The molecule has 0 aliphatic rings. The maximum atomic E-state index is 11.9. The van der Waals surface area contributed by atoms with Gasteiger partial charge in [0.15, 0.2) is 0 Å². The Bertz CT molecular complexity index is 459. The Balaban J connectivity index is 2.53. The van der Waals surface area contributed by atoms with Crippen LogP contribution >= 0.6 is 15.9 Å². The molecule has 0 saturated carbocycles. The van der Waals surface area contributed by atoms with Crippen LogP contribution < -0.4 is 5.32 Å². The fraction of sp³-hybridized carbons (Fsp3) is 0.429. The standard InChI is InChI=1S/C14H19BrN2O3/c1-2-6-17(7-8-18)13(19)10-16-14(20)11-4-3-5-12(15)9-11/h3-5,9,18H,2,6-8,10H2,1H3,(H,16,20). The van der Waals surface area contributed by atoms with E-state index in [0.29, 0.717) is 18.7 Å². The molecule has 0 spiro atoms. The molecule has 0 fully saturated rings. The van der Waals surface area contributed by atoms with Crippen molar-refractivity contribution in [1.29, 1.82) is 0 Å². The van der Waals surface area contributed by atoms with Crippen LogP contribution in [0.3, 0.4) is 0 Å². The van der Waals surface area contributed by atoms with Gasteiger partial charge in [0.25, 0.3) is 5.91 Å². The highest BCUT2D eigenvalue weighted by Crippen LogP contribution is 2.11. The Labute approximate surface area is 127 Å². The molecule has 6 heteroatoms. The summed E-state index contributed by atoms with van der Waals surface area (Å²) in [5.74, 6) is -0.482. The summed E-state index contributed by atoms with van der Waals surface area (Å²) >= 11 is 3.29. The van der Waals surface area contributed by atoms with Crippen LogP contribution in [0.25, 0.3) is 0 Å². The number of benzene rings is 1. The van der Waals surface area contributed by atoms with E-state index in [0.717, 1.165) is 10.9 Å². The maximum Gasteiger partial charge on any atom is 0.251 e. The Hall–Kier alpha value is -1.40. The van der Waals surface area contributed by atoms with Crippen molar-refractivity contribution in [2.75, 3.05) is 26.2 Å². The molecule has 0 heterocycles. The van der Waals surface area contributed by atoms with Crippen molar-refractivity contribution in [3.8, 4) is 0 Å². The molecule has 0 saturated heterocycles. The number of carbonyl (C=O) groups is 2. The first kappa shape index (κ1) is 16.7. The third-order valence-corrected chi connectivity index (χ3v) is 3.20. The van der Waals surface area contributed by atoms with Gasteiger partial charge in [-0.2, -0.15) is 0 Å². The monoisotopic (exact) mass is 342 g/mol. The number of hydrogen-bond donors (Lipinski definition) is 2. The lowest BCUT2D eigenvalue weighted by Crippen LogP contribution is -2.41. The highest BCUT2D eigenvalue weighted by Gasteiger charge is 2.13. The Morgan fingerprint density at radius 2 is 2.10 bits per heavy atom. The van der Waals surface area contributed by atoms with E-state index >= 15 is 0 Å². The van der Waals surface area contributed by atoms with E-state index in [1.54, 1.807) is 23.1 Å². The fourth-order valence-corrected chi connectivity index (χ4v) is 2.15. The van der Waals surface area contributed by atoms with Crippen LogP contribution in [0.5, 0.6) is 0 Å². The van der Waals surface area contributed by atoms with E-state index in [-0.39, 0.29) is 25.0 Å². The average Bonchev–Trinajstić information content (AvgIpc) is 2.44. The van der Waals surface area contributed by atoms with Gasteiger partial charge in [0.1, 0.15) is 0 Å². The SMILES string of the molecule is CCCN(CCO)C(=O)CNC(=O)c1cccc(Br)c1. The lowest BCUT2D eigenvalue weighted by atomic mass is 10.2. The third-order valence-electron chi connectivity index (χ3n) is 2.70. The third kappa shape index (κ3) is 5.30. The smallest absolute Gasteiger partial charge is 0.251 e.